The van der Waals surface area contributed by atoms with Crippen molar-refractivity contribution in [3.63, 3.8) is 0 Å². The quantitative estimate of drug-likeness (QED) is 0.772. The Balaban J connectivity index is 1.79. The normalized spacial score (nSPS) is 20.6. The maximum atomic E-state index is 15.2. The molecule has 5 rings (SSSR count). The first-order chi connectivity index (χ1) is 13.4. The van der Waals surface area contributed by atoms with Crippen LogP contribution in [0.3, 0.4) is 0 Å². The van der Waals surface area contributed by atoms with Gasteiger partial charge in [-0.15, -0.1) is 0 Å². The second-order valence-electron chi connectivity index (χ2n) is 7.66. The average molecular weight is 398 g/mol. The first-order valence-electron chi connectivity index (χ1n) is 9.30. The van der Waals surface area contributed by atoms with E-state index in [1.165, 1.54) is 4.90 Å². The molecule has 1 aliphatic carbocycles. The smallest absolute Gasteiger partial charge is 0.294 e. The van der Waals surface area contributed by atoms with Crippen LogP contribution in [0.2, 0.25) is 5.02 Å². The number of fused-ring (bicyclic) bond motifs is 6. The highest BCUT2D eigenvalue weighted by atomic mass is 35.5. The molecule has 0 spiro atoms. The van der Waals surface area contributed by atoms with Crippen LogP contribution in [0.25, 0.3) is 11.1 Å². The summed E-state index contributed by atoms with van der Waals surface area (Å²) in [5.41, 5.74) is 2.41. The number of carbonyl (C=O) groups is 2. The van der Waals surface area contributed by atoms with E-state index in [0.29, 0.717) is 27.3 Å². The number of aliphatic hydroxyl groups is 1. The molecule has 2 aromatic carbocycles. The number of hydrogen-bond acceptors (Lipinski definition) is 3. The molecule has 1 unspecified atom stereocenters. The Morgan fingerprint density at radius 2 is 1.96 bits per heavy atom. The zero-order chi connectivity index (χ0) is 19.7. The minimum atomic E-state index is -0.836. The summed E-state index contributed by atoms with van der Waals surface area (Å²) in [4.78, 5) is 27.3. The largest absolute Gasteiger partial charge is 0.503 e. The molecule has 0 radical (unpaired) electrons. The Kier molecular flexibility index (Phi) is 3.68. The van der Waals surface area contributed by atoms with Crippen LogP contribution in [0.1, 0.15) is 36.4 Å². The summed E-state index contributed by atoms with van der Waals surface area (Å²) in [6.45, 7) is 1.62. The molecule has 2 aromatic rings. The highest BCUT2D eigenvalue weighted by Crippen LogP contribution is 2.53. The van der Waals surface area contributed by atoms with Gasteiger partial charge in [-0.2, -0.15) is 0 Å². The fourth-order valence-corrected chi connectivity index (χ4v) is 4.56. The molecule has 0 aromatic heterocycles. The summed E-state index contributed by atoms with van der Waals surface area (Å²) < 4.78 is 15.2. The molecule has 1 saturated carbocycles. The third-order valence-electron chi connectivity index (χ3n) is 6.10. The summed E-state index contributed by atoms with van der Waals surface area (Å²) >= 11 is 6.19. The van der Waals surface area contributed by atoms with Crippen molar-refractivity contribution >= 4 is 29.0 Å². The molecule has 0 saturated heterocycles. The molecule has 3 aliphatic rings. The number of hydrogen-bond donors (Lipinski definition) is 1. The van der Waals surface area contributed by atoms with E-state index in [4.69, 9.17) is 11.6 Å². The third-order valence-corrected chi connectivity index (χ3v) is 6.33. The van der Waals surface area contributed by atoms with Gasteiger partial charge < -0.3 is 5.11 Å². The van der Waals surface area contributed by atoms with E-state index in [1.807, 2.05) is 0 Å². The van der Waals surface area contributed by atoms with Gasteiger partial charge in [-0.1, -0.05) is 36.2 Å². The molecule has 142 valence electrons. The second-order valence-corrected chi connectivity index (χ2v) is 8.09. The number of carbonyl (C=O) groups excluding carboxylic acids is 2. The number of anilines is 1. The summed E-state index contributed by atoms with van der Waals surface area (Å²) in [5, 5.41) is 11.1. The molecule has 1 amide bonds. The van der Waals surface area contributed by atoms with Crippen LogP contribution in [0.4, 0.5) is 10.1 Å². The molecule has 1 fully saturated rings. The fraction of sp³-hybridized carbons (Fsp3) is 0.273. The summed E-state index contributed by atoms with van der Waals surface area (Å²) in [5.74, 6) is -2.26. The van der Waals surface area contributed by atoms with Crippen LogP contribution in [-0.4, -0.2) is 16.8 Å². The van der Waals surface area contributed by atoms with Crippen molar-refractivity contribution in [1.29, 1.82) is 0 Å². The Hall–Kier alpha value is -2.66. The van der Waals surface area contributed by atoms with Gasteiger partial charge in [0.1, 0.15) is 0 Å². The zero-order valence-corrected chi connectivity index (χ0v) is 15.9. The van der Waals surface area contributed by atoms with Gasteiger partial charge in [-0.3, -0.25) is 14.5 Å². The van der Waals surface area contributed by atoms with Crippen LogP contribution >= 0.6 is 11.6 Å². The van der Waals surface area contributed by atoms with E-state index >= 15 is 4.39 Å². The number of ketones is 1. The van der Waals surface area contributed by atoms with Crippen LogP contribution < -0.4 is 4.90 Å². The lowest BCUT2D eigenvalue weighted by molar-refractivity contribution is -0.122. The van der Waals surface area contributed by atoms with E-state index in [9.17, 15) is 14.7 Å². The molecule has 2 aliphatic heterocycles. The van der Waals surface area contributed by atoms with Gasteiger partial charge in [0.15, 0.2) is 17.4 Å². The van der Waals surface area contributed by atoms with Crippen LogP contribution in [0.5, 0.6) is 0 Å². The van der Waals surface area contributed by atoms with Crippen molar-refractivity contribution in [1.82, 2.24) is 0 Å². The van der Waals surface area contributed by atoms with Crippen molar-refractivity contribution in [2.24, 2.45) is 5.92 Å². The van der Waals surface area contributed by atoms with Crippen molar-refractivity contribution in [3.8, 4) is 11.1 Å². The first kappa shape index (κ1) is 17.4. The van der Waals surface area contributed by atoms with Crippen LogP contribution in [0.15, 0.2) is 41.7 Å². The number of rotatable bonds is 2. The molecule has 4 nitrogen and oxygen atoms in total. The fourth-order valence-electron chi connectivity index (χ4n) is 4.39. The molecule has 1 N–H and O–H groups in total. The van der Waals surface area contributed by atoms with E-state index in [0.717, 1.165) is 19.3 Å². The Morgan fingerprint density at radius 3 is 2.64 bits per heavy atom. The molecule has 28 heavy (non-hydrogen) atoms. The van der Waals surface area contributed by atoms with Gasteiger partial charge in [0.25, 0.3) is 5.91 Å². The van der Waals surface area contributed by atoms with E-state index in [1.54, 1.807) is 37.3 Å². The number of nitrogens with zero attached hydrogens (tertiary/aromatic N) is 1. The summed E-state index contributed by atoms with van der Waals surface area (Å²) in [7, 11) is 0. The standard InChI is InChI=1S/C22H17ClFNO3/c1-10-5-7-14-15-9-12(23)6-8-13(15)18-16(20(26)11-3-2-4-11)21(27)22(28)25(18)19(14)17(10)24/h5-9,11,18,27H,2-4H2,1H3. The molecule has 1 atom stereocenters. The number of amides is 1. The van der Waals surface area contributed by atoms with Crippen LogP contribution in [-0.2, 0) is 9.59 Å². The molecular weight excluding hydrogens is 381 g/mol. The van der Waals surface area contributed by atoms with Gasteiger partial charge in [-0.25, -0.2) is 4.39 Å². The van der Waals surface area contributed by atoms with Gasteiger partial charge in [0.05, 0.1) is 17.3 Å². The third kappa shape index (κ3) is 2.17. The number of aryl methyl sites for hydroxylation is 1. The van der Waals surface area contributed by atoms with Crippen molar-refractivity contribution in [2.75, 3.05) is 4.90 Å². The predicted octanol–water partition coefficient (Wildman–Crippen LogP) is 5.04. The molecule has 2 heterocycles. The minimum absolute atomic E-state index is 0.0739. The average Bonchev–Trinajstić information content (AvgIpc) is 2.88. The van der Waals surface area contributed by atoms with Gasteiger partial charge >= 0.3 is 0 Å². The zero-order valence-electron chi connectivity index (χ0n) is 15.1. The highest BCUT2D eigenvalue weighted by molar-refractivity contribution is 6.31. The lowest BCUT2D eigenvalue weighted by atomic mass is 9.76. The highest BCUT2D eigenvalue weighted by Gasteiger charge is 2.50. The lowest BCUT2D eigenvalue weighted by Gasteiger charge is -2.36. The minimum Gasteiger partial charge on any atom is -0.503 e. The molecule has 6 heteroatoms. The predicted molar refractivity (Wildman–Crippen MR) is 104 cm³/mol. The summed E-state index contributed by atoms with van der Waals surface area (Å²) in [6.07, 6.45) is 2.44. The van der Waals surface area contributed by atoms with E-state index in [2.05, 4.69) is 0 Å². The maximum Gasteiger partial charge on any atom is 0.294 e. The Labute approximate surface area is 166 Å². The van der Waals surface area contributed by atoms with Crippen molar-refractivity contribution in [2.45, 2.75) is 32.2 Å². The molecular formula is C22H17ClFNO3. The monoisotopic (exact) mass is 397 g/mol. The Morgan fingerprint density at radius 1 is 1.21 bits per heavy atom. The van der Waals surface area contributed by atoms with E-state index in [-0.39, 0.29) is 23.0 Å². The SMILES string of the molecule is Cc1ccc2c(c1F)N1C(=O)C(O)=C(C(=O)C3CCC3)C1c1ccc(Cl)cc1-2. The number of halogens is 2. The lowest BCUT2D eigenvalue weighted by Crippen LogP contribution is -2.36. The van der Waals surface area contributed by atoms with Gasteiger partial charge in [-0.05, 0) is 48.6 Å². The number of benzene rings is 2. The number of aliphatic hydroxyl groups excluding tert-OH is 1. The second kappa shape index (κ2) is 5.92. The van der Waals surface area contributed by atoms with E-state index < -0.39 is 23.5 Å². The van der Waals surface area contributed by atoms with Crippen molar-refractivity contribution in [3.05, 3.63) is 63.6 Å². The molecule has 0 bridgehead atoms. The van der Waals surface area contributed by atoms with Gasteiger partial charge in [0, 0.05) is 16.5 Å². The van der Waals surface area contributed by atoms with Gasteiger partial charge in [0.2, 0.25) is 0 Å². The van der Waals surface area contributed by atoms with Crippen LogP contribution in [0, 0.1) is 18.7 Å². The summed E-state index contributed by atoms with van der Waals surface area (Å²) in [6, 6.07) is 7.70. The first-order valence-corrected chi connectivity index (χ1v) is 9.67. The maximum absolute atomic E-state index is 15.2. The number of Topliss-reactive ketones (excluding diaryl/α,β-unsaturated/α-hetero) is 1. The van der Waals surface area contributed by atoms with Crippen molar-refractivity contribution < 1.29 is 19.1 Å². The topological polar surface area (TPSA) is 57.6 Å². The Bertz CT molecular complexity index is 1100.